The van der Waals surface area contributed by atoms with Gasteiger partial charge >= 0.3 is 0 Å². The second-order valence-electron chi connectivity index (χ2n) is 4.01. The summed E-state index contributed by atoms with van der Waals surface area (Å²) in [6.45, 7) is 14.1. The first-order valence-electron chi connectivity index (χ1n) is 5.41. The number of allylic oxidation sites excluding steroid dienone is 2. The van der Waals surface area contributed by atoms with E-state index in [0.29, 0.717) is 11.8 Å². The Morgan fingerprint density at radius 3 is 2.07 bits per heavy atom. The van der Waals surface area contributed by atoms with Crippen molar-refractivity contribution in [1.82, 2.24) is 0 Å². The van der Waals surface area contributed by atoms with Crippen molar-refractivity contribution in [3.05, 3.63) is 24.6 Å². The molecule has 2 nitrogen and oxygen atoms in total. The molecule has 0 aliphatic carbocycles. The SMILES string of the molecule is C=CC(=N/C=C(\N=CC)C(C)C)C(C)C. The fourth-order valence-electron chi connectivity index (χ4n) is 1.06. The Morgan fingerprint density at radius 1 is 1.13 bits per heavy atom. The largest absolute Gasteiger partial charge is 0.264 e. The molecule has 0 aromatic carbocycles. The summed E-state index contributed by atoms with van der Waals surface area (Å²) >= 11 is 0. The normalized spacial score (nSPS) is 14.3. The molecule has 0 spiro atoms. The first kappa shape index (κ1) is 13.8. The lowest BCUT2D eigenvalue weighted by atomic mass is 10.1. The summed E-state index contributed by atoms with van der Waals surface area (Å²) in [4.78, 5) is 8.69. The molecule has 0 aromatic heterocycles. The molecule has 0 bridgehead atoms. The Kier molecular flexibility index (Phi) is 6.59. The minimum atomic E-state index is 0.392. The highest BCUT2D eigenvalue weighted by Crippen LogP contribution is 2.11. The zero-order valence-electron chi connectivity index (χ0n) is 10.5. The quantitative estimate of drug-likeness (QED) is 0.610. The lowest BCUT2D eigenvalue weighted by Crippen LogP contribution is -2.02. The van der Waals surface area contributed by atoms with Crippen LogP contribution >= 0.6 is 0 Å². The van der Waals surface area contributed by atoms with Crippen LogP contribution in [0.2, 0.25) is 0 Å². The molecule has 0 fully saturated rings. The highest BCUT2D eigenvalue weighted by atomic mass is 14.8. The van der Waals surface area contributed by atoms with Gasteiger partial charge in [0.1, 0.15) is 0 Å². The zero-order chi connectivity index (χ0) is 11.8. The van der Waals surface area contributed by atoms with Crippen LogP contribution in [0.5, 0.6) is 0 Å². The molecule has 0 amide bonds. The van der Waals surface area contributed by atoms with Crippen LogP contribution in [0.3, 0.4) is 0 Å². The third-order valence-electron chi connectivity index (χ3n) is 2.02. The van der Waals surface area contributed by atoms with Gasteiger partial charge in [-0.25, -0.2) is 0 Å². The maximum atomic E-state index is 4.40. The minimum Gasteiger partial charge on any atom is -0.264 e. The minimum absolute atomic E-state index is 0.392. The van der Waals surface area contributed by atoms with Gasteiger partial charge in [-0.15, -0.1) is 0 Å². The van der Waals surface area contributed by atoms with Gasteiger partial charge in [-0.1, -0.05) is 34.3 Å². The second-order valence-corrected chi connectivity index (χ2v) is 4.01. The van der Waals surface area contributed by atoms with Gasteiger partial charge in [-0.05, 0) is 24.8 Å². The Labute approximate surface area is 93.5 Å². The first-order chi connectivity index (χ1) is 7.02. The van der Waals surface area contributed by atoms with Gasteiger partial charge in [0.25, 0.3) is 0 Å². The van der Waals surface area contributed by atoms with Gasteiger partial charge in [0.15, 0.2) is 0 Å². The number of rotatable bonds is 5. The van der Waals surface area contributed by atoms with Crippen molar-refractivity contribution in [2.24, 2.45) is 21.8 Å². The van der Waals surface area contributed by atoms with Crippen molar-refractivity contribution in [3.8, 4) is 0 Å². The molecule has 2 heteroatoms. The van der Waals surface area contributed by atoms with Gasteiger partial charge in [0.2, 0.25) is 0 Å². The predicted octanol–water partition coefficient (Wildman–Crippen LogP) is 3.86. The van der Waals surface area contributed by atoms with Gasteiger partial charge in [-0.2, -0.15) is 0 Å². The van der Waals surface area contributed by atoms with Crippen molar-refractivity contribution < 1.29 is 0 Å². The van der Waals surface area contributed by atoms with E-state index in [0.717, 1.165) is 11.4 Å². The topological polar surface area (TPSA) is 24.7 Å². The van der Waals surface area contributed by atoms with Crippen LogP contribution < -0.4 is 0 Å². The highest BCUT2D eigenvalue weighted by Gasteiger charge is 2.01. The molecule has 0 heterocycles. The fraction of sp³-hybridized carbons (Fsp3) is 0.538. The van der Waals surface area contributed by atoms with Gasteiger partial charge < -0.3 is 0 Å². The van der Waals surface area contributed by atoms with E-state index in [1.54, 1.807) is 12.3 Å². The van der Waals surface area contributed by atoms with Crippen LogP contribution in [0, 0.1) is 11.8 Å². The van der Waals surface area contributed by atoms with Crippen LogP contribution in [-0.2, 0) is 0 Å². The number of aliphatic imine (C=N–C) groups is 2. The smallest absolute Gasteiger partial charge is 0.0607 e. The Morgan fingerprint density at radius 2 is 1.73 bits per heavy atom. The van der Waals surface area contributed by atoms with Crippen molar-refractivity contribution >= 4 is 11.9 Å². The van der Waals surface area contributed by atoms with Gasteiger partial charge in [-0.3, -0.25) is 9.98 Å². The second kappa shape index (κ2) is 7.16. The molecule has 0 aliphatic heterocycles. The van der Waals surface area contributed by atoms with E-state index < -0.39 is 0 Å². The Balaban J connectivity index is 4.90. The molecule has 0 aliphatic rings. The summed E-state index contributed by atoms with van der Waals surface area (Å²) in [7, 11) is 0. The molecule has 84 valence electrons. The van der Waals surface area contributed by atoms with E-state index in [1.165, 1.54) is 0 Å². The maximum absolute atomic E-state index is 4.40. The van der Waals surface area contributed by atoms with Crippen molar-refractivity contribution in [3.63, 3.8) is 0 Å². The maximum Gasteiger partial charge on any atom is 0.0607 e. The summed E-state index contributed by atoms with van der Waals surface area (Å²) in [6.07, 6.45) is 5.43. The molecule has 0 radical (unpaired) electrons. The van der Waals surface area contributed by atoms with Crippen LogP contribution in [0.4, 0.5) is 0 Å². The van der Waals surface area contributed by atoms with Crippen LogP contribution in [0.25, 0.3) is 0 Å². The van der Waals surface area contributed by atoms with E-state index in [4.69, 9.17) is 0 Å². The standard InChI is InChI=1S/C13H22N2/c1-7-12(10(3)4)15-9-13(11(5)6)14-8-2/h7-11H,1H2,2-6H3/b13-9-,14-8?,15-12?. The average molecular weight is 206 g/mol. The molecular formula is C13H22N2. The zero-order valence-corrected chi connectivity index (χ0v) is 10.5. The Bertz CT molecular complexity index is 281. The summed E-state index contributed by atoms with van der Waals surface area (Å²) in [5.41, 5.74) is 2.00. The number of hydrogen-bond donors (Lipinski definition) is 0. The molecule has 0 N–H and O–H groups in total. The van der Waals surface area contributed by atoms with Crippen LogP contribution in [0.1, 0.15) is 34.6 Å². The molecular weight excluding hydrogens is 184 g/mol. The number of hydrogen-bond acceptors (Lipinski definition) is 2. The molecule has 0 saturated carbocycles. The van der Waals surface area contributed by atoms with Crippen molar-refractivity contribution in [2.45, 2.75) is 34.6 Å². The monoisotopic (exact) mass is 206 g/mol. The van der Waals surface area contributed by atoms with Crippen molar-refractivity contribution in [1.29, 1.82) is 0 Å². The van der Waals surface area contributed by atoms with E-state index in [-0.39, 0.29) is 0 Å². The third-order valence-corrected chi connectivity index (χ3v) is 2.02. The van der Waals surface area contributed by atoms with E-state index >= 15 is 0 Å². The average Bonchev–Trinajstić information content (AvgIpc) is 2.16. The van der Waals surface area contributed by atoms with E-state index in [9.17, 15) is 0 Å². The van der Waals surface area contributed by atoms with Crippen LogP contribution in [0.15, 0.2) is 34.5 Å². The molecule has 0 aromatic rings. The lowest BCUT2D eigenvalue weighted by Gasteiger charge is -2.05. The summed E-state index contributed by atoms with van der Waals surface area (Å²) in [6, 6.07) is 0. The van der Waals surface area contributed by atoms with Gasteiger partial charge in [0.05, 0.1) is 5.70 Å². The molecule has 0 unspecified atom stereocenters. The summed E-state index contributed by atoms with van der Waals surface area (Å²) in [5.74, 6) is 0.793. The summed E-state index contributed by atoms with van der Waals surface area (Å²) in [5, 5.41) is 0. The lowest BCUT2D eigenvalue weighted by molar-refractivity contribution is 0.755. The van der Waals surface area contributed by atoms with E-state index in [1.807, 2.05) is 13.1 Å². The van der Waals surface area contributed by atoms with E-state index in [2.05, 4.69) is 44.3 Å². The molecule has 15 heavy (non-hydrogen) atoms. The van der Waals surface area contributed by atoms with Crippen molar-refractivity contribution in [2.75, 3.05) is 0 Å². The predicted molar refractivity (Wildman–Crippen MR) is 69.6 cm³/mol. The van der Waals surface area contributed by atoms with Gasteiger partial charge in [0, 0.05) is 18.1 Å². The molecule has 0 saturated heterocycles. The highest BCUT2D eigenvalue weighted by molar-refractivity contribution is 5.96. The Hall–Kier alpha value is -1.18. The fourth-order valence-corrected chi connectivity index (χ4v) is 1.06. The molecule has 0 rings (SSSR count). The third kappa shape index (κ3) is 5.31. The first-order valence-corrected chi connectivity index (χ1v) is 5.41. The summed E-state index contributed by atoms with van der Waals surface area (Å²) < 4.78 is 0. The van der Waals surface area contributed by atoms with Crippen LogP contribution in [-0.4, -0.2) is 11.9 Å². The molecule has 0 atom stereocenters. The number of nitrogens with zero attached hydrogens (tertiary/aromatic N) is 2.